The Bertz CT molecular complexity index is 1080. The van der Waals surface area contributed by atoms with Gasteiger partial charge in [0.25, 0.3) is 0 Å². The van der Waals surface area contributed by atoms with Crippen molar-refractivity contribution < 1.29 is 0 Å². The fourth-order valence-corrected chi connectivity index (χ4v) is 2.90. The Hall–Kier alpha value is -3.13. The van der Waals surface area contributed by atoms with E-state index in [0.29, 0.717) is 34.1 Å². The van der Waals surface area contributed by atoms with Crippen LogP contribution < -0.4 is 11.5 Å². The highest BCUT2D eigenvalue weighted by atomic mass is 35.5. The number of anilines is 2. The van der Waals surface area contributed by atoms with Crippen LogP contribution in [0.1, 0.15) is 11.1 Å². The number of hydrogen-bond donors (Lipinski definition) is 3. The topological polar surface area (TPSA) is 124 Å². The van der Waals surface area contributed by atoms with Crippen molar-refractivity contribution in [2.24, 2.45) is 0 Å². The number of fused-ring (bicyclic) bond motifs is 1. The van der Waals surface area contributed by atoms with Crippen LogP contribution in [0.25, 0.3) is 22.6 Å². The quantitative estimate of drug-likeness (QED) is 0.485. The number of halogens is 1. The van der Waals surface area contributed by atoms with Crippen LogP contribution in [0.3, 0.4) is 0 Å². The van der Waals surface area contributed by atoms with E-state index in [1.54, 1.807) is 16.9 Å². The van der Waals surface area contributed by atoms with Crippen molar-refractivity contribution in [3.05, 3.63) is 46.6 Å². The van der Waals surface area contributed by atoms with Crippen LogP contribution in [0.4, 0.5) is 11.6 Å². The average Bonchev–Trinajstić information content (AvgIpc) is 3.17. The molecule has 4 aromatic rings. The van der Waals surface area contributed by atoms with E-state index in [4.69, 9.17) is 23.1 Å². The average molecular weight is 355 g/mol. The maximum absolute atomic E-state index is 6.20. The second kappa shape index (κ2) is 5.75. The van der Waals surface area contributed by atoms with Gasteiger partial charge in [0.05, 0.1) is 17.3 Å². The first-order valence-electron chi connectivity index (χ1n) is 7.58. The lowest BCUT2D eigenvalue weighted by molar-refractivity contribution is 0.664. The molecule has 9 heteroatoms. The SMILES string of the molecule is Cc1cc(Cn2nnc3c(-c4[nH]ccc4Cl)nc(N)nc32)ccc1N. The molecule has 25 heavy (non-hydrogen) atoms. The van der Waals surface area contributed by atoms with Crippen molar-refractivity contribution in [3.8, 4) is 11.4 Å². The maximum atomic E-state index is 6.20. The van der Waals surface area contributed by atoms with Crippen LogP contribution in [0.2, 0.25) is 5.02 Å². The molecule has 0 saturated heterocycles. The Balaban J connectivity index is 1.83. The Morgan fingerprint density at radius 2 is 2.04 bits per heavy atom. The van der Waals surface area contributed by atoms with Crippen molar-refractivity contribution in [2.75, 3.05) is 11.5 Å². The number of rotatable bonds is 3. The van der Waals surface area contributed by atoms with Gasteiger partial charge in [0.15, 0.2) is 11.2 Å². The summed E-state index contributed by atoms with van der Waals surface area (Å²) in [6, 6.07) is 7.57. The van der Waals surface area contributed by atoms with Gasteiger partial charge < -0.3 is 16.5 Å². The van der Waals surface area contributed by atoms with Crippen molar-refractivity contribution >= 4 is 34.4 Å². The zero-order chi connectivity index (χ0) is 17.6. The third-order valence-corrected chi connectivity index (χ3v) is 4.29. The minimum Gasteiger partial charge on any atom is -0.399 e. The largest absolute Gasteiger partial charge is 0.399 e. The molecule has 0 radical (unpaired) electrons. The first-order chi connectivity index (χ1) is 12.0. The molecule has 1 aromatic carbocycles. The Labute approximate surface area is 147 Å². The lowest BCUT2D eigenvalue weighted by Crippen LogP contribution is -2.06. The van der Waals surface area contributed by atoms with E-state index in [-0.39, 0.29) is 5.95 Å². The van der Waals surface area contributed by atoms with Gasteiger partial charge in [-0.25, -0.2) is 9.67 Å². The van der Waals surface area contributed by atoms with Gasteiger partial charge in [0.1, 0.15) is 5.69 Å². The Kier molecular flexibility index (Phi) is 3.54. The van der Waals surface area contributed by atoms with Crippen molar-refractivity contribution in [1.29, 1.82) is 0 Å². The van der Waals surface area contributed by atoms with Crippen LogP contribution in [-0.2, 0) is 6.54 Å². The molecule has 0 saturated carbocycles. The highest BCUT2D eigenvalue weighted by molar-refractivity contribution is 6.33. The minimum atomic E-state index is 0.130. The number of nitrogen functional groups attached to an aromatic ring is 2. The van der Waals surface area contributed by atoms with Gasteiger partial charge in [-0.15, -0.1) is 5.10 Å². The maximum Gasteiger partial charge on any atom is 0.222 e. The lowest BCUT2D eigenvalue weighted by Gasteiger charge is -2.06. The number of aromatic amines is 1. The molecule has 3 heterocycles. The molecule has 0 atom stereocenters. The zero-order valence-corrected chi connectivity index (χ0v) is 14.1. The van der Waals surface area contributed by atoms with Crippen LogP contribution in [0, 0.1) is 6.92 Å². The molecule has 0 aliphatic carbocycles. The molecule has 0 spiro atoms. The highest BCUT2D eigenvalue weighted by Crippen LogP contribution is 2.29. The van der Waals surface area contributed by atoms with Crippen LogP contribution in [0.15, 0.2) is 30.5 Å². The summed E-state index contributed by atoms with van der Waals surface area (Å²) in [7, 11) is 0. The number of nitrogens with one attached hydrogen (secondary N) is 1. The molecule has 0 unspecified atom stereocenters. The standard InChI is InChI=1S/C16H15ClN8/c1-8-6-9(2-3-11(8)18)7-25-15-14(23-24-25)13(21-16(19)22-15)12-10(17)4-5-20-12/h2-6,20H,7,18H2,1H3,(H2,19,21,22). The van der Waals surface area contributed by atoms with Gasteiger partial charge >= 0.3 is 0 Å². The number of aryl methyl sites for hydroxylation is 1. The molecule has 3 aromatic heterocycles. The Morgan fingerprint density at radius 3 is 2.76 bits per heavy atom. The van der Waals surface area contributed by atoms with Gasteiger partial charge in [-0.05, 0) is 30.2 Å². The first-order valence-corrected chi connectivity index (χ1v) is 7.95. The van der Waals surface area contributed by atoms with E-state index in [2.05, 4.69) is 25.3 Å². The number of H-pyrrole nitrogens is 1. The summed E-state index contributed by atoms with van der Waals surface area (Å²) in [5.41, 5.74) is 16.8. The fraction of sp³-hybridized carbons (Fsp3) is 0.125. The monoisotopic (exact) mass is 354 g/mol. The summed E-state index contributed by atoms with van der Waals surface area (Å²) in [5, 5.41) is 8.96. The molecule has 0 aliphatic heterocycles. The summed E-state index contributed by atoms with van der Waals surface area (Å²) in [5.74, 6) is 0.130. The van der Waals surface area contributed by atoms with E-state index in [1.165, 1.54) is 0 Å². The summed E-state index contributed by atoms with van der Waals surface area (Å²) in [6.07, 6.45) is 1.73. The van der Waals surface area contributed by atoms with Crippen LogP contribution in [0.5, 0.6) is 0 Å². The van der Waals surface area contributed by atoms with Crippen LogP contribution >= 0.6 is 11.6 Å². The summed E-state index contributed by atoms with van der Waals surface area (Å²) >= 11 is 6.20. The van der Waals surface area contributed by atoms with E-state index in [0.717, 1.165) is 16.8 Å². The zero-order valence-electron chi connectivity index (χ0n) is 13.4. The summed E-state index contributed by atoms with van der Waals surface area (Å²) in [4.78, 5) is 11.6. The molecule has 4 rings (SSSR count). The van der Waals surface area contributed by atoms with Crippen LogP contribution in [-0.4, -0.2) is 29.9 Å². The normalized spacial score (nSPS) is 11.3. The number of nitrogens with two attached hydrogens (primary N) is 2. The molecule has 8 nitrogen and oxygen atoms in total. The second-order valence-electron chi connectivity index (χ2n) is 5.74. The molecule has 0 fully saturated rings. The highest BCUT2D eigenvalue weighted by Gasteiger charge is 2.18. The number of aromatic nitrogens is 6. The van der Waals surface area contributed by atoms with Gasteiger partial charge in [-0.3, -0.25) is 0 Å². The number of hydrogen-bond acceptors (Lipinski definition) is 6. The summed E-state index contributed by atoms with van der Waals surface area (Å²) < 4.78 is 1.68. The number of nitrogens with zero attached hydrogens (tertiary/aromatic N) is 5. The second-order valence-corrected chi connectivity index (χ2v) is 6.15. The third kappa shape index (κ3) is 2.66. The van der Waals surface area contributed by atoms with E-state index >= 15 is 0 Å². The van der Waals surface area contributed by atoms with Gasteiger partial charge in [0, 0.05) is 11.9 Å². The molecular weight excluding hydrogens is 340 g/mol. The molecular formula is C16H15ClN8. The lowest BCUT2D eigenvalue weighted by atomic mass is 10.1. The van der Waals surface area contributed by atoms with E-state index < -0.39 is 0 Å². The molecule has 0 aliphatic rings. The van der Waals surface area contributed by atoms with Gasteiger partial charge in [-0.2, -0.15) is 4.98 Å². The predicted molar refractivity (Wildman–Crippen MR) is 97.0 cm³/mol. The molecule has 0 bridgehead atoms. The smallest absolute Gasteiger partial charge is 0.222 e. The van der Waals surface area contributed by atoms with E-state index in [1.807, 2.05) is 25.1 Å². The van der Waals surface area contributed by atoms with Gasteiger partial charge in [0.2, 0.25) is 5.95 Å². The molecule has 0 amide bonds. The van der Waals surface area contributed by atoms with Crippen molar-refractivity contribution in [1.82, 2.24) is 29.9 Å². The van der Waals surface area contributed by atoms with Crippen molar-refractivity contribution in [2.45, 2.75) is 13.5 Å². The third-order valence-electron chi connectivity index (χ3n) is 3.98. The first kappa shape index (κ1) is 15.4. The molecule has 5 N–H and O–H groups in total. The number of benzene rings is 1. The predicted octanol–water partition coefficient (Wildman–Crippen LogP) is 2.39. The fourth-order valence-electron chi connectivity index (χ4n) is 2.69. The van der Waals surface area contributed by atoms with E-state index in [9.17, 15) is 0 Å². The van der Waals surface area contributed by atoms with Crippen molar-refractivity contribution in [3.63, 3.8) is 0 Å². The molecule has 126 valence electrons. The Morgan fingerprint density at radius 1 is 1.20 bits per heavy atom. The summed E-state index contributed by atoms with van der Waals surface area (Å²) in [6.45, 7) is 2.45. The van der Waals surface area contributed by atoms with Gasteiger partial charge in [-0.1, -0.05) is 28.9 Å². The minimum absolute atomic E-state index is 0.130.